The molecule has 0 spiro atoms. The first-order valence-electron chi connectivity index (χ1n) is 8.91. The highest BCUT2D eigenvalue weighted by Crippen LogP contribution is 2.30. The molecule has 1 N–H and O–H groups in total. The van der Waals surface area contributed by atoms with Gasteiger partial charge < -0.3 is 14.5 Å². The van der Waals surface area contributed by atoms with Crippen molar-refractivity contribution in [3.8, 4) is 11.3 Å². The van der Waals surface area contributed by atoms with Crippen LogP contribution in [0, 0.1) is 0 Å². The number of carboxylic acids is 1. The number of hydrogen-bond donors (Lipinski definition) is 1. The standard InChI is InChI=1S/C20H18Cl2N4O4/c1-3-26-14(11-25-7-6-13(24-25)10-23-30-2)9-17(27)18(20(28)29)19(26)12-4-5-15(21)16(22)8-12/h4-10H,3,11H2,1-2H3,(H,28,29)/b23-10+. The maximum Gasteiger partial charge on any atom is 0.341 e. The number of pyridine rings is 1. The number of aromatic carboxylic acids is 1. The summed E-state index contributed by atoms with van der Waals surface area (Å²) in [6.45, 7) is 2.53. The highest BCUT2D eigenvalue weighted by Gasteiger charge is 2.22. The lowest BCUT2D eigenvalue weighted by molar-refractivity contribution is 0.0695. The Morgan fingerprint density at radius 2 is 2.03 bits per heavy atom. The molecule has 10 heteroatoms. The lowest BCUT2D eigenvalue weighted by Crippen LogP contribution is -2.24. The average Bonchev–Trinajstić information content (AvgIpc) is 3.15. The Balaban J connectivity index is 2.17. The highest BCUT2D eigenvalue weighted by molar-refractivity contribution is 6.42. The number of aromatic nitrogens is 3. The minimum absolute atomic E-state index is 0.248. The fraction of sp³-hybridized carbons (Fsp3) is 0.200. The summed E-state index contributed by atoms with van der Waals surface area (Å²) in [5.74, 6) is -1.31. The van der Waals surface area contributed by atoms with E-state index in [4.69, 9.17) is 23.2 Å². The molecule has 0 aliphatic heterocycles. The van der Waals surface area contributed by atoms with Crippen LogP contribution in [0.5, 0.6) is 0 Å². The van der Waals surface area contributed by atoms with Crippen LogP contribution in [0.1, 0.15) is 28.7 Å². The molecule has 0 amide bonds. The van der Waals surface area contributed by atoms with Crippen molar-refractivity contribution in [1.29, 1.82) is 0 Å². The van der Waals surface area contributed by atoms with E-state index in [9.17, 15) is 14.7 Å². The van der Waals surface area contributed by atoms with E-state index in [0.29, 0.717) is 28.5 Å². The largest absolute Gasteiger partial charge is 0.477 e. The molecule has 8 nitrogen and oxygen atoms in total. The molecule has 0 radical (unpaired) electrons. The van der Waals surface area contributed by atoms with Gasteiger partial charge in [0.1, 0.15) is 18.4 Å². The molecular weight excluding hydrogens is 431 g/mol. The monoisotopic (exact) mass is 448 g/mol. The second-order valence-corrected chi connectivity index (χ2v) is 7.07. The molecule has 0 aliphatic rings. The summed E-state index contributed by atoms with van der Waals surface area (Å²) in [6, 6.07) is 7.81. The van der Waals surface area contributed by atoms with E-state index in [-0.39, 0.29) is 22.8 Å². The van der Waals surface area contributed by atoms with Crippen LogP contribution in [0.25, 0.3) is 11.3 Å². The van der Waals surface area contributed by atoms with Crippen LogP contribution in [0.4, 0.5) is 0 Å². The third-order valence-electron chi connectivity index (χ3n) is 4.40. The van der Waals surface area contributed by atoms with Crippen LogP contribution >= 0.6 is 23.2 Å². The van der Waals surface area contributed by atoms with Gasteiger partial charge in [-0.1, -0.05) is 34.4 Å². The molecule has 156 valence electrons. The van der Waals surface area contributed by atoms with Crippen molar-refractivity contribution in [2.75, 3.05) is 7.11 Å². The van der Waals surface area contributed by atoms with Crippen molar-refractivity contribution < 1.29 is 14.7 Å². The first-order valence-corrected chi connectivity index (χ1v) is 9.66. The van der Waals surface area contributed by atoms with Crippen LogP contribution in [-0.4, -0.2) is 38.7 Å². The first-order chi connectivity index (χ1) is 14.3. The fourth-order valence-corrected chi connectivity index (χ4v) is 3.44. The van der Waals surface area contributed by atoms with Crippen LogP contribution in [0.15, 0.2) is 46.5 Å². The van der Waals surface area contributed by atoms with Crippen molar-refractivity contribution in [3.63, 3.8) is 0 Å². The Morgan fingerprint density at radius 3 is 2.67 bits per heavy atom. The molecule has 0 saturated heterocycles. The summed E-state index contributed by atoms with van der Waals surface area (Å²) in [6.07, 6.45) is 3.18. The molecule has 3 rings (SSSR count). The van der Waals surface area contributed by atoms with Crippen LogP contribution in [0.3, 0.4) is 0 Å². The molecule has 0 saturated carbocycles. The van der Waals surface area contributed by atoms with Gasteiger partial charge in [-0.15, -0.1) is 0 Å². The SMILES string of the molecule is CCn1c(Cn2ccc(/C=N/OC)n2)cc(=O)c(C(=O)O)c1-c1ccc(Cl)c(Cl)c1. The predicted octanol–water partition coefficient (Wildman–Crippen LogP) is 3.77. The number of nitrogens with zero attached hydrogens (tertiary/aromatic N) is 4. The van der Waals surface area contributed by atoms with Gasteiger partial charge in [0.25, 0.3) is 0 Å². The number of carboxylic acid groups (broad SMARTS) is 1. The number of rotatable bonds is 7. The summed E-state index contributed by atoms with van der Waals surface area (Å²) in [5, 5.41) is 18.3. The van der Waals surface area contributed by atoms with E-state index < -0.39 is 11.4 Å². The Labute approximate surface area is 181 Å². The molecule has 0 unspecified atom stereocenters. The molecule has 0 fully saturated rings. The van der Waals surface area contributed by atoms with Crippen molar-refractivity contribution in [1.82, 2.24) is 14.3 Å². The maximum absolute atomic E-state index is 12.7. The second-order valence-electron chi connectivity index (χ2n) is 6.26. The van der Waals surface area contributed by atoms with E-state index in [2.05, 4.69) is 15.1 Å². The number of hydrogen-bond acceptors (Lipinski definition) is 5. The molecule has 1 aromatic carbocycles. The van der Waals surface area contributed by atoms with Gasteiger partial charge >= 0.3 is 5.97 Å². The topological polar surface area (TPSA) is 98.7 Å². The van der Waals surface area contributed by atoms with Crippen LogP contribution < -0.4 is 5.43 Å². The van der Waals surface area contributed by atoms with E-state index >= 15 is 0 Å². The summed E-state index contributed by atoms with van der Waals surface area (Å²) < 4.78 is 3.38. The van der Waals surface area contributed by atoms with E-state index in [1.807, 2.05) is 6.92 Å². The minimum atomic E-state index is -1.31. The molecule has 30 heavy (non-hydrogen) atoms. The van der Waals surface area contributed by atoms with Gasteiger partial charge in [-0.2, -0.15) is 5.10 Å². The van der Waals surface area contributed by atoms with Crippen molar-refractivity contribution in [2.45, 2.75) is 20.0 Å². The number of benzene rings is 1. The lowest BCUT2D eigenvalue weighted by Gasteiger charge is -2.20. The summed E-state index contributed by atoms with van der Waals surface area (Å²) in [5.41, 5.74) is 0.986. The Morgan fingerprint density at radius 1 is 1.27 bits per heavy atom. The number of oxime groups is 1. The number of halogens is 2. The minimum Gasteiger partial charge on any atom is -0.477 e. The molecule has 2 heterocycles. The smallest absolute Gasteiger partial charge is 0.341 e. The fourth-order valence-electron chi connectivity index (χ4n) is 3.15. The van der Waals surface area contributed by atoms with E-state index in [1.54, 1.807) is 39.7 Å². The van der Waals surface area contributed by atoms with Gasteiger partial charge in [-0.3, -0.25) is 9.48 Å². The zero-order chi connectivity index (χ0) is 21.8. The zero-order valence-corrected chi connectivity index (χ0v) is 17.7. The first kappa shape index (κ1) is 21.6. The molecule has 0 bridgehead atoms. The van der Waals surface area contributed by atoms with Crippen LogP contribution in [-0.2, 0) is 17.9 Å². The van der Waals surface area contributed by atoms with E-state index in [1.165, 1.54) is 19.4 Å². The molecular formula is C20H18Cl2N4O4. The highest BCUT2D eigenvalue weighted by atomic mass is 35.5. The molecule has 3 aromatic rings. The van der Waals surface area contributed by atoms with Crippen LogP contribution in [0.2, 0.25) is 10.0 Å². The molecule has 2 aromatic heterocycles. The predicted molar refractivity (Wildman–Crippen MR) is 115 cm³/mol. The quantitative estimate of drug-likeness (QED) is 0.438. The van der Waals surface area contributed by atoms with Gasteiger partial charge in [0, 0.05) is 30.1 Å². The van der Waals surface area contributed by atoms with E-state index in [0.717, 1.165) is 0 Å². The van der Waals surface area contributed by atoms with Crippen molar-refractivity contribution >= 4 is 35.4 Å². The third-order valence-corrected chi connectivity index (χ3v) is 5.14. The third kappa shape index (κ3) is 4.39. The van der Waals surface area contributed by atoms with Gasteiger partial charge in [0.05, 0.1) is 28.5 Å². The molecule has 0 atom stereocenters. The Bertz CT molecular complexity index is 1180. The van der Waals surface area contributed by atoms with Gasteiger partial charge in [-0.25, -0.2) is 4.79 Å². The summed E-state index contributed by atoms with van der Waals surface area (Å²) in [4.78, 5) is 29.2. The lowest BCUT2D eigenvalue weighted by atomic mass is 10.0. The normalized spacial score (nSPS) is 11.2. The van der Waals surface area contributed by atoms with Gasteiger partial charge in [0.15, 0.2) is 5.43 Å². The zero-order valence-electron chi connectivity index (χ0n) is 16.2. The molecule has 0 aliphatic carbocycles. The average molecular weight is 449 g/mol. The number of carbonyl (C=O) groups is 1. The van der Waals surface area contributed by atoms with Crippen molar-refractivity contribution in [2.24, 2.45) is 5.16 Å². The maximum atomic E-state index is 12.7. The second kappa shape index (κ2) is 9.15. The summed E-state index contributed by atoms with van der Waals surface area (Å²) in [7, 11) is 1.43. The Hall–Kier alpha value is -3.10. The Kier molecular flexibility index (Phi) is 6.59. The van der Waals surface area contributed by atoms with Gasteiger partial charge in [-0.05, 0) is 25.1 Å². The van der Waals surface area contributed by atoms with Gasteiger partial charge in [0.2, 0.25) is 0 Å². The van der Waals surface area contributed by atoms with Crippen molar-refractivity contribution in [3.05, 3.63) is 73.7 Å². The summed E-state index contributed by atoms with van der Waals surface area (Å²) >= 11 is 12.1.